The van der Waals surface area contributed by atoms with E-state index in [0.717, 1.165) is 12.8 Å². The van der Waals surface area contributed by atoms with Crippen molar-refractivity contribution in [1.29, 1.82) is 0 Å². The minimum Gasteiger partial charge on any atom is -0.496 e. The van der Waals surface area contributed by atoms with E-state index in [9.17, 15) is 19.1 Å². The third-order valence-corrected chi connectivity index (χ3v) is 5.23. The maximum absolute atomic E-state index is 13.4. The van der Waals surface area contributed by atoms with Crippen molar-refractivity contribution < 1.29 is 23.8 Å². The molecule has 6 heteroatoms. The van der Waals surface area contributed by atoms with E-state index in [4.69, 9.17) is 4.74 Å². The smallest absolute Gasteiger partial charge is 0.311 e. The van der Waals surface area contributed by atoms with Gasteiger partial charge in [0.2, 0.25) is 5.91 Å². The number of halogens is 1. The quantitative estimate of drug-likeness (QED) is 0.922. The summed E-state index contributed by atoms with van der Waals surface area (Å²) in [5.74, 6) is -0.915. The second-order valence-electron chi connectivity index (χ2n) is 6.46. The summed E-state index contributed by atoms with van der Waals surface area (Å²) in [5, 5.41) is 9.57. The molecule has 23 heavy (non-hydrogen) atoms. The number of ether oxygens (including phenoxy) is 1. The van der Waals surface area contributed by atoms with E-state index in [1.807, 2.05) is 0 Å². The van der Waals surface area contributed by atoms with Crippen LogP contribution >= 0.6 is 0 Å². The Morgan fingerprint density at radius 1 is 1.48 bits per heavy atom. The van der Waals surface area contributed by atoms with Crippen LogP contribution in [-0.2, 0) is 16.0 Å². The molecule has 0 radical (unpaired) electrons. The Balaban J connectivity index is 1.76. The maximum Gasteiger partial charge on any atom is 0.311 e. The predicted molar refractivity (Wildman–Crippen MR) is 80.6 cm³/mol. The molecule has 1 aromatic rings. The lowest BCUT2D eigenvalue weighted by Crippen LogP contribution is -2.37. The topological polar surface area (TPSA) is 66.8 Å². The van der Waals surface area contributed by atoms with Crippen LogP contribution in [0, 0.1) is 17.2 Å². The van der Waals surface area contributed by atoms with Crippen LogP contribution < -0.4 is 4.74 Å². The van der Waals surface area contributed by atoms with Crippen molar-refractivity contribution in [2.75, 3.05) is 20.2 Å². The van der Waals surface area contributed by atoms with E-state index >= 15 is 0 Å². The van der Waals surface area contributed by atoms with E-state index < -0.39 is 17.2 Å². The first-order valence-corrected chi connectivity index (χ1v) is 7.80. The Bertz CT molecular complexity index is 647. The number of carbonyl (C=O) groups excluding carboxylic acids is 1. The first-order chi connectivity index (χ1) is 11.0. The fraction of sp³-hybridized carbons (Fsp3) is 0.529. The highest BCUT2D eigenvalue weighted by Crippen LogP contribution is 2.49. The van der Waals surface area contributed by atoms with Gasteiger partial charge in [-0.2, -0.15) is 0 Å². The number of nitrogens with zero attached hydrogens (tertiary/aromatic N) is 1. The van der Waals surface area contributed by atoms with Crippen LogP contribution in [0.15, 0.2) is 18.2 Å². The molecule has 0 unspecified atom stereocenters. The predicted octanol–water partition coefficient (Wildman–Crippen LogP) is 2.09. The van der Waals surface area contributed by atoms with Gasteiger partial charge in [-0.3, -0.25) is 9.59 Å². The van der Waals surface area contributed by atoms with Gasteiger partial charge in [-0.15, -0.1) is 0 Å². The fourth-order valence-corrected chi connectivity index (χ4v) is 3.99. The van der Waals surface area contributed by atoms with Gasteiger partial charge in [-0.25, -0.2) is 4.39 Å². The van der Waals surface area contributed by atoms with Gasteiger partial charge in [0.15, 0.2) is 0 Å². The molecule has 1 amide bonds. The number of hydrogen-bond donors (Lipinski definition) is 1. The molecule has 2 atom stereocenters. The molecule has 0 bridgehead atoms. The number of carboxylic acids is 1. The van der Waals surface area contributed by atoms with E-state index in [2.05, 4.69) is 0 Å². The summed E-state index contributed by atoms with van der Waals surface area (Å²) >= 11 is 0. The summed E-state index contributed by atoms with van der Waals surface area (Å²) in [6, 6.07) is 4.07. The van der Waals surface area contributed by atoms with Gasteiger partial charge in [0.05, 0.1) is 18.9 Å². The summed E-state index contributed by atoms with van der Waals surface area (Å²) in [6.07, 6.45) is 2.39. The molecule has 1 aromatic carbocycles. The van der Waals surface area contributed by atoms with E-state index in [-0.39, 0.29) is 24.8 Å². The number of hydrogen-bond acceptors (Lipinski definition) is 3. The maximum atomic E-state index is 13.4. The van der Waals surface area contributed by atoms with E-state index in [1.54, 1.807) is 4.90 Å². The van der Waals surface area contributed by atoms with Crippen LogP contribution in [0.1, 0.15) is 24.8 Å². The van der Waals surface area contributed by atoms with Crippen LogP contribution in [0.2, 0.25) is 0 Å². The largest absolute Gasteiger partial charge is 0.496 e. The number of fused-ring (bicyclic) bond motifs is 1. The van der Waals surface area contributed by atoms with Crippen molar-refractivity contribution >= 4 is 11.9 Å². The van der Waals surface area contributed by atoms with Crippen LogP contribution in [0.25, 0.3) is 0 Å². The van der Waals surface area contributed by atoms with E-state index in [0.29, 0.717) is 24.3 Å². The molecular weight excluding hydrogens is 301 g/mol. The van der Waals surface area contributed by atoms with Crippen molar-refractivity contribution in [2.24, 2.45) is 11.3 Å². The van der Waals surface area contributed by atoms with Crippen molar-refractivity contribution in [3.05, 3.63) is 29.6 Å². The molecular formula is C17H20FNO4. The molecule has 1 aliphatic carbocycles. The van der Waals surface area contributed by atoms with Crippen LogP contribution in [-0.4, -0.2) is 42.1 Å². The molecule has 2 fully saturated rings. The summed E-state index contributed by atoms with van der Waals surface area (Å²) < 4.78 is 18.6. The van der Waals surface area contributed by atoms with Gasteiger partial charge < -0.3 is 14.7 Å². The normalized spacial score (nSPS) is 26.2. The summed E-state index contributed by atoms with van der Waals surface area (Å²) in [7, 11) is 1.47. The molecule has 1 aliphatic heterocycles. The monoisotopic (exact) mass is 321 g/mol. The Morgan fingerprint density at radius 3 is 2.91 bits per heavy atom. The highest BCUT2D eigenvalue weighted by molar-refractivity contribution is 5.83. The molecule has 1 saturated carbocycles. The first kappa shape index (κ1) is 15.8. The standard InChI is InChI=1S/C17H20FNO4/c1-23-14-5-4-13(18)7-11(14)8-15(20)19-9-12-3-2-6-17(12,10-19)16(21)22/h4-5,7,12H,2-3,6,8-10H2,1H3,(H,21,22)/t12-,17+/m0/s1. The zero-order valence-electron chi connectivity index (χ0n) is 13.0. The molecule has 2 aliphatic rings. The van der Waals surface area contributed by atoms with Crippen molar-refractivity contribution in [2.45, 2.75) is 25.7 Å². The SMILES string of the molecule is COc1ccc(F)cc1CC(=O)N1C[C@@H]2CCC[C@@]2(C(=O)O)C1. The highest BCUT2D eigenvalue weighted by atomic mass is 19.1. The third kappa shape index (κ3) is 2.66. The van der Waals surface area contributed by atoms with Gasteiger partial charge in [0, 0.05) is 18.7 Å². The van der Waals surface area contributed by atoms with Crippen LogP contribution in [0.5, 0.6) is 5.75 Å². The van der Waals surface area contributed by atoms with Gasteiger partial charge in [-0.1, -0.05) is 6.42 Å². The number of carboxylic acid groups (broad SMARTS) is 1. The van der Waals surface area contributed by atoms with Crippen molar-refractivity contribution in [3.8, 4) is 5.75 Å². The zero-order valence-corrected chi connectivity index (χ0v) is 13.0. The van der Waals surface area contributed by atoms with Crippen LogP contribution in [0.4, 0.5) is 4.39 Å². The number of amides is 1. The number of methoxy groups -OCH3 is 1. The molecule has 1 heterocycles. The van der Waals surface area contributed by atoms with Crippen molar-refractivity contribution in [3.63, 3.8) is 0 Å². The van der Waals surface area contributed by atoms with Crippen molar-refractivity contribution in [1.82, 2.24) is 4.90 Å². The Kier molecular flexibility index (Phi) is 4.00. The molecule has 0 spiro atoms. The van der Waals surface area contributed by atoms with E-state index in [1.165, 1.54) is 25.3 Å². The van der Waals surface area contributed by atoms with Crippen LogP contribution in [0.3, 0.4) is 0 Å². The molecule has 0 aromatic heterocycles. The zero-order chi connectivity index (χ0) is 16.6. The van der Waals surface area contributed by atoms with Gasteiger partial charge in [0.25, 0.3) is 0 Å². The van der Waals surface area contributed by atoms with Gasteiger partial charge in [0.1, 0.15) is 11.6 Å². The number of aliphatic carboxylic acids is 1. The van der Waals surface area contributed by atoms with Gasteiger partial charge >= 0.3 is 5.97 Å². The highest BCUT2D eigenvalue weighted by Gasteiger charge is 2.55. The number of likely N-dealkylation sites (tertiary alicyclic amines) is 1. The number of rotatable bonds is 4. The fourth-order valence-electron chi connectivity index (χ4n) is 3.99. The van der Waals surface area contributed by atoms with Gasteiger partial charge in [-0.05, 0) is 37.0 Å². The number of benzene rings is 1. The summed E-state index contributed by atoms with van der Waals surface area (Å²) in [4.78, 5) is 25.8. The summed E-state index contributed by atoms with van der Waals surface area (Å²) in [5.41, 5.74) is -0.305. The lowest BCUT2D eigenvalue weighted by Gasteiger charge is -2.23. The molecule has 1 N–H and O–H groups in total. The minimum absolute atomic E-state index is 0.0172. The second kappa shape index (κ2) is 5.83. The lowest BCUT2D eigenvalue weighted by molar-refractivity contribution is -0.149. The number of carbonyl (C=O) groups is 2. The second-order valence-corrected chi connectivity index (χ2v) is 6.46. The Labute approximate surface area is 134 Å². The average Bonchev–Trinajstić information content (AvgIpc) is 3.05. The summed E-state index contributed by atoms with van der Waals surface area (Å²) in [6.45, 7) is 0.728. The average molecular weight is 321 g/mol. The molecule has 5 nitrogen and oxygen atoms in total. The Hall–Kier alpha value is -2.11. The first-order valence-electron chi connectivity index (χ1n) is 7.80. The Morgan fingerprint density at radius 2 is 2.26 bits per heavy atom. The molecule has 1 saturated heterocycles. The minimum atomic E-state index is -0.807. The molecule has 3 rings (SSSR count). The third-order valence-electron chi connectivity index (χ3n) is 5.23. The molecule has 124 valence electrons. The lowest BCUT2D eigenvalue weighted by atomic mass is 9.81.